The summed E-state index contributed by atoms with van der Waals surface area (Å²) in [5, 5.41) is 0. The number of hydrogen-bond acceptors (Lipinski definition) is 1. The first-order chi connectivity index (χ1) is 8.72. The number of hydrogen-bond donors (Lipinski definition) is 0. The molecule has 0 unspecified atom stereocenters. The van der Waals surface area contributed by atoms with Crippen LogP contribution in [0.1, 0.15) is 11.1 Å². The molecule has 0 amide bonds. The van der Waals surface area contributed by atoms with Gasteiger partial charge in [-0.15, -0.1) is 0 Å². The van der Waals surface area contributed by atoms with Crippen molar-refractivity contribution in [2.75, 3.05) is 0 Å². The van der Waals surface area contributed by atoms with Crippen molar-refractivity contribution < 1.29 is 39.5 Å². The Labute approximate surface area is 123 Å². The Balaban J connectivity index is 3.49. The van der Waals surface area contributed by atoms with Crippen molar-refractivity contribution in [3.05, 3.63) is 26.8 Å². The van der Waals surface area contributed by atoms with Crippen LogP contribution >= 0.6 is 34.4 Å². The minimum Gasteiger partial charge on any atom is -0.166 e. The van der Waals surface area contributed by atoms with Crippen molar-refractivity contribution in [2.24, 2.45) is 0 Å². The second-order valence-electron chi connectivity index (χ2n) is 3.37. The molecule has 0 bridgehead atoms. The molecule has 0 aromatic heterocycles. The molecule has 0 atom stereocenters. The fourth-order valence-corrected chi connectivity index (χ4v) is 2.61. The zero-order chi connectivity index (χ0) is 15.9. The molecule has 0 fully saturated rings. The van der Waals surface area contributed by atoms with Crippen LogP contribution in [0.15, 0.2) is 17.0 Å². The molecule has 0 saturated carbocycles. The zero-order valence-corrected chi connectivity index (χ0v) is 11.8. The van der Waals surface area contributed by atoms with Gasteiger partial charge in [0.2, 0.25) is 0 Å². The standard InChI is InChI=1S/C9H2F9IS/c10-7(11,12)3-1-5(19)6(20-9(16,17)18)2-4(3)8(13,14)15/h1-2H. The zero-order valence-electron chi connectivity index (χ0n) is 8.84. The van der Waals surface area contributed by atoms with Crippen LogP contribution in [0.4, 0.5) is 39.5 Å². The van der Waals surface area contributed by atoms with E-state index in [9.17, 15) is 39.5 Å². The Kier molecular flexibility index (Phi) is 4.84. The summed E-state index contributed by atoms with van der Waals surface area (Å²) < 4.78 is 111. The molecule has 0 spiro atoms. The molecule has 11 heteroatoms. The molecular formula is C9H2F9IS. The van der Waals surface area contributed by atoms with E-state index in [1.807, 2.05) is 0 Å². The SMILES string of the molecule is FC(F)(F)Sc1cc(C(F)(F)F)c(C(F)(F)F)cc1I. The number of benzene rings is 1. The molecule has 0 aliphatic carbocycles. The summed E-state index contributed by atoms with van der Waals surface area (Å²) in [4.78, 5) is -0.932. The lowest BCUT2D eigenvalue weighted by Gasteiger charge is -2.18. The fourth-order valence-electron chi connectivity index (χ4n) is 1.23. The third kappa shape index (κ3) is 4.60. The van der Waals surface area contributed by atoms with E-state index in [1.165, 1.54) is 0 Å². The summed E-state index contributed by atoms with van der Waals surface area (Å²) in [5.74, 6) is 0. The minimum absolute atomic E-state index is 0.0530. The second kappa shape index (κ2) is 5.46. The Bertz CT molecular complexity index is 500. The molecule has 0 radical (unpaired) electrons. The predicted molar refractivity (Wildman–Crippen MR) is 61.1 cm³/mol. The van der Waals surface area contributed by atoms with Crippen LogP contribution < -0.4 is 0 Å². The van der Waals surface area contributed by atoms with Crippen molar-refractivity contribution in [3.63, 3.8) is 0 Å². The van der Waals surface area contributed by atoms with Crippen LogP contribution in [0.3, 0.4) is 0 Å². The average molecular weight is 440 g/mol. The van der Waals surface area contributed by atoms with Crippen molar-refractivity contribution in [2.45, 2.75) is 22.8 Å². The van der Waals surface area contributed by atoms with Gasteiger partial charge in [0.25, 0.3) is 0 Å². The van der Waals surface area contributed by atoms with E-state index < -0.39 is 49.2 Å². The lowest BCUT2D eigenvalue weighted by atomic mass is 10.1. The highest BCUT2D eigenvalue weighted by atomic mass is 127. The van der Waals surface area contributed by atoms with Gasteiger partial charge in [-0.25, -0.2) is 0 Å². The van der Waals surface area contributed by atoms with E-state index in [4.69, 9.17) is 0 Å². The highest BCUT2D eigenvalue weighted by Crippen LogP contribution is 2.46. The third-order valence-electron chi connectivity index (χ3n) is 1.91. The molecule has 1 aromatic carbocycles. The Hall–Kier alpha value is -0.330. The number of halogens is 10. The van der Waals surface area contributed by atoms with E-state index in [0.29, 0.717) is 0 Å². The van der Waals surface area contributed by atoms with Crippen LogP contribution in [0.25, 0.3) is 0 Å². The summed E-state index contributed by atoms with van der Waals surface area (Å²) in [6.07, 6.45) is -10.7. The van der Waals surface area contributed by atoms with Gasteiger partial charge in [-0.3, -0.25) is 0 Å². The predicted octanol–water partition coefficient (Wildman–Crippen LogP) is 5.94. The van der Waals surface area contributed by atoms with Crippen molar-refractivity contribution in [3.8, 4) is 0 Å². The van der Waals surface area contributed by atoms with E-state index in [-0.39, 0.29) is 12.1 Å². The van der Waals surface area contributed by atoms with E-state index >= 15 is 0 Å². The largest absolute Gasteiger partial charge is 0.446 e. The molecule has 114 valence electrons. The Morgan fingerprint density at radius 3 is 1.50 bits per heavy atom. The maximum absolute atomic E-state index is 12.5. The molecule has 0 heterocycles. The van der Waals surface area contributed by atoms with Crippen molar-refractivity contribution in [1.29, 1.82) is 0 Å². The van der Waals surface area contributed by atoms with E-state index in [0.717, 1.165) is 22.6 Å². The monoisotopic (exact) mass is 440 g/mol. The van der Waals surface area contributed by atoms with Crippen LogP contribution in [-0.4, -0.2) is 5.51 Å². The number of alkyl halides is 9. The van der Waals surface area contributed by atoms with Gasteiger partial charge < -0.3 is 0 Å². The van der Waals surface area contributed by atoms with Crippen molar-refractivity contribution >= 4 is 34.4 Å². The molecular weight excluding hydrogens is 438 g/mol. The first-order valence-electron chi connectivity index (χ1n) is 4.45. The van der Waals surface area contributed by atoms with Crippen LogP contribution in [0, 0.1) is 3.57 Å². The van der Waals surface area contributed by atoms with Gasteiger partial charge in [-0.05, 0) is 46.5 Å². The first-order valence-corrected chi connectivity index (χ1v) is 6.35. The summed E-state index contributed by atoms with van der Waals surface area (Å²) >= 11 is 0.225. The van der Waals surface area contributed by atoms with Gasteiger partial charge in [0.1, 0.15) is 0 Å². The highest BCUT2D eigenvalue weighted by molar-refractivity contribution is 14.1. The minimum atomic E-state index is -5.41. The topological polar surface area (TPSA) is 0 Å². The fraction of sp³-hybridized carbons (Fsp3) is 0.333. The highest BCUT2D eigenvalue weighted by Gasteiger charge is 2.44. The van der Waals surface area contributed by atoms with Crippen molar-refractivity contribution in [1.82, 2.24) is 0 Å². The maximum Gasteiger partial charge on any atom is 0.446 e. The van der Waals surface area contributed by atoms with Gasteiger partial charge in [0.15, 0.2) is 0 Å². The Morgan fingerprint density at radius 2 is 1.15 bits per heavy atom. The summed E-state index contributed by atoms with van der Waals surface area (Å²) in [7, 11) is 0. The van der Waals surface area contributed by atoms with E-state index in [1.54, 1.807) is 0 Å². The van der Waals surface area contributed by atoms with Crippen LogP contribution in [0.2, 0.25) is 0 Å². The molecule has 0 aliphatic rings. The van der Waals surface area contributed by atoms with Crippen LogP contribution in [0.5, 0.6) is 0 Å². The molecule has 20 heavy (non-hydrogen) atoms. The second-order valence-corrected chi connectivity index (χ2v) is 5.64. The molecule has 0 aliphatic heterocycles. The third-order valence-corrected chi connectivity index (χ3v) is 3.96. The lowest BCUT2D eigenvalue weighted by Crippen LogP contribution is -2.17. The summed E-state index contributed by atoms with van der Waals surface area (Å²) in [5.41, 5.74) is -9.05. The molecule has 1 aromatic rings. The Morgan fingerprint density at radius 1 is 0.750 bits per heavy atom. The lowest BCUT2D eigenvalue weighted by molar-refractivity contribution is -0.162. The summed E-state index contributed by atoms with van der Waals surface area (Å²) in [6.45, 7) is 0. The molecule has 0 saturated heterocycles. The quantitative estimate of drug-likeness (QED) is 0.296. The summed E-state index contributed by atoms with van der Waals surface area (Å²) in [6, 6.07) is -0.0831. The van der Waals surface area contributed by atoms with E-state index in [2.05, 4.69) is 0 Å². The van der Waals surface area contributed by atoms with Gasteiger partial charge in [-0.2, -0.15) is 39.5 Å². The normalized spacial score (nSPS) is 13.7. The number of thioether (sulfide) groups is 1. The average Bonchev–Trinajstić information content (AvgIpc) is 2.15. The van der Waals surface area contributed by atoms with Gasteiger partial charge in [0, 0.05) is 8.47 Å². The first kappa shape index (κ1) is 17.7. The van der Waals surface area contributed by atoms with Gasteiger partial charge in [0.05, 0.1) is 11.1 Å². The maximum atomic E-state index is 12.5. The number of rotatable bonds is 1. The smallest absolute Gasteiger partial charge is 0.166 e. The van der Waals surface area contributed by atoms with Gasteiger partial charge in [-0.1, -0.05) is 0 Å². The molecule has 1 rings (SSSR count). The van der Waals surface area contributed by atoms with Crippen LogP contribution in [-0.2, 0) is 12.4 Å². The molecule has 0 N–H and O–H groups in total. The molecule has 0 nitrogen and oxygen atoms in total. The van der Waals surface area contributed by atoms with Gasteiger partial charge >= 0.3 is 17.9 Å².